The fourth-order valence-electron chi connectivity index (χ4n) is 2.81. The molecule has 3 aromatic rings. The van der Waals surface area contributed by atoms with Gasteiger partial charge in [-0.25, -0.2) is 0 Å². The Labute approximate surface area is 127 Å². The summed E-state index contributed by atoms with van der Waals surface area (Å²) in [5.41, 5.74) is 1.93. The number of alkyl halides is 3. The van der Waals surface area contributed by atoms with Crippen LogP contribution in [-0.4, -0.2) is 0 Å². The van der Waals surface area contributed by atoms with Crippen LogP contribution in [0.1, 0.15) is 16.7 Å². The third kappa shape index (κ3) is 2.47. The first-order valence-electron chi connectivity index (χ1n) is 7.04. The van der Waals surface area contributed by atoms with Crippen molar-refractivity contribution in [3.63, 3.8) is 0 Å². The number of benzene rings is 3. The minimum atomic E-state index is -4.37. The molecule has 0 aliphatic carbocycles. The number of fused-ring (bicyclic) bond motifs is 1. The highest BCUT2D eigenvalue weighted by atomic mass is 19.4. The molecule has 0 bridgehead atoms. The monoisotopic (exact) mass is 300 g/mol. The molecule has 0 nitrogen and oxygen atoms in total. The molecular formula is C19H15F3. The number of rotatable bonds is 1. The van der Waals surface area contributed by atoms with E-state index in [9.17, 15) is 13.2 Å². The summed E-state index contributed by atoms with van der Waals surface area (Å²) in [4.78, 5) is 0. The van der Waals surface area contributed by atoms with Crippen LogP contribution in [0, 0.1) is 13.8 Å². The smallest absolute Gasteiger partial charge is 0.166 e. The molecule has 0 fully saturated rings. The average molecular weight is 300 g/mol. The highest BCUT2D eigenvalue weighted by molar-refractivity contribution is 5.99. The zero-order valence-corrected chi connectivity index (χ0v) is 12.3. The first kappa shape index (κ1) is 14.6. The van der Waals surface area contributed by atoms with Gasteiger partial charge in [0.1, 0.15) is 0 Å². The lowest BCUT2D eigenvalue weighted by Crippen LogP contribution is -2.07. The van der Waals surface area contributed by atoms with Gasteiger partial charge >= 0.3 is 6.18 Å². The first-order valence-corrected chi connectivity index (χ1v) is 7.04. The summed E-state index contributed by atoms with van der Waals surface area (Å²) in [7, 11) is 0. The summed E-state index contributed by atoms with van der Waals surface area (Å²) in [6.07, 6.45) is -4.37. The predicted octanol–water partition coefficient (Wildman–Crippen LogP) is 6.14. The first-order chi connectivity index (χ1) is 10.4. The van der Waals surface area contributed by atoms with Crippen LogP contribution in [0.2, 0.25) is 0 Å². The Morgan fingerprint density at radius 1 is 0.727 bits per heavy atom. The molecule has 0 heterocycles. The maximum absolute atomic E-state index is 13.4. The van der Waals surface area contributed by atoms with E-state index in [1.165, 1.54) is 6.07 Å². The van der Waals surface area contributed by atoms with E-state index in [-0.39, 0.29) is 5.56 Å². The van der Waals surface area contributed by atoms with Crippen molar-refractivity contribution >= 4 is 10.8 Å². The number of hydrogen-bond donors (Lipinski definition) is 0. The lowest BCUT2D eigenvalue weighted by molar-refractivity contribution is -0.137. The summed E-state index contributed by atoms with van der Waals surface area (Å²) in [6.45, 7) is 3.64. The predicted molar refractivity (Wildman–Crippen MR) is 83.9 cm³/mol. The molecule has 3 heteroatoms. The normalized spacial score (nSPS) is 11.9. The molecule has 112 valence electrons. The van der Waals surface area contributed by atoms with Gasteiger partial charge in [-0.2, -0.15) is 13.2 Å². The van der Waals surface area contributed by atoms with Gasteiger partial charge < -0.3 is 0 Å². The summed E-state index contributed by atoms with van der Waals surface area (Å²) >= 11 is 0. The summed E-state index contributed by atoms with van der Waals surface area (Å²) in [5.74, 6) is 0. The van der Waals surface area contributed by atoms with Crippen LogP contribution in [0.15, 0.2) is 54.6 Å². The molecular weight excluding hydrogens is 285 g/mol. The summed E-state index contributed by atoms with van der Waals surface area (Å²) in [5, 5.41) is 1.82. The maximum Gasteiger partial charge on any atom is 0.417 e. The Morgan fingerprint density at radius 3 is 2.05 bits per heavy atom. The van der Waals surface area contributed by atoms with Crippen LogP contribution in [0.25, 0.3) is 21.9 Å². The SMILES string of the molecule is Cc1ccc(-c2ccc(C)c3ccccc23)c(C(F)(F)F)c1. The van der Waals surface area contributed by atoms with Gasteiger partial charge in [-0.15, -0.1) is 0 Å². The molecule has 0 saturated heterocycles. The third-order valence-electron chi connectivity index (χ3n) is 3.91. The van der Waals surface area contributed by atoms with E-state index in [1.54, 1.807) is 25.1 Å². The van der Waals surface area contributed by atoms with Gasteiger partial charge in [-0.3, -0.25) is 0 Å². The van der Waals surface area contributed by atoms with Crippen molar-refractivity contribution in [2.24, 2.45) is 0 Å². The van der Waals surface area contributed by atoms with Crippen molar-refractivity contribution in [2.75, 3.05) is 0 Å². The van der Waals surface area contributed by atoms with E-state index in [1.807, 2.05) is 37.3 Å². The van der Waals surface area contributed by atoms with E-state index in [0.717, 1.165) is 16.3 Å². The molecule has 0 unspecified atom stereocenters. The second-order valence-corrected chi connectivity index (χ2v) is 5.52. The number of hydrogen-bond acceptors (Lipinski definition) is 0. The maximum atomic E-state index is 13.4. The number of aryl methyl sites for hydroxylation is 2. The van der Waals surface area contributed by atoms with Crippen LogP contribution in [0.3, 0.4) is 0 Å². The van der Waals surface area contributed by atoms with Gasteiger partial charge in [0.2, 0.25) is 0 Å². The van der Waals surface area contributed by atoms with Crippen molar-refractivity contribution in [1.29, 1.82) is 0 Å². The minimum Gasteiger partial charge on any atom is -0.166 e. The molecule has 0 aliphatic heterocycles. The van der Waals surface area contributed by atoms with Crippen molar-refractivity contribution in [3.8, 4) is 11.1 Å². The van der Waals surface area contributed by atoms with Crippen LogP contribution in [0.4, 0.5) is 13.2 Å². The van der Waals surface area contributed by atoms with Gasteiger partial charge in [0, 0.05) is 0 Å². The second kappa shape index (κ2) is 5.16. The largest absolute Gasteiger partial charge is 0.417 e. The Bertz CT molecular complexity index is 845. The van der Waals surface area contributed by atoms with E-state index in [0.29, 0.717) is 11.1 Å². The fraction of sp³-hybridized carbons (Fsp3) is 0.158. The molecule has 0 aromatic heterocycles. The van der Waals surface area contributed by atoms with Gasteiger partial charge in [0.25, 0.3) is 0 Å². The number of halogens is 3. The fourth-order valence-corrected chi connectivity index (χ4v) is 2.81. The molecule has 0 saturated carbocycles. The molecule has 0 amide bonds. The molecule has 3 aromatic carbocycles. The lowest BCUT2D eigenvalue weighted by Gasteiger charge is -2.16. The zero-order valence-electron chi connectivity index (χ0n) is 12.3. The van der Waals surface area contributed by atoms with Crippen LogP contribution in [-0.2, 0) is 6.18 Å². The zero-order chi connectivity index (χ0) is 15.9. The summed E-state index contributed by atoms with van der Waals surface area (Å²) < 4.78 is 40.2. The Kier molecular flexibility index (Phi) is 3.44. The quantitative estimate of drug-likeness (QED) is 0.506. The van der Waals surface area contributed by atoms with E-state index < -0.39 is 11.7 Å². The highest BCUT2D eigenvalue weighted by Gasteiger charge is 2.34. The molecule has 0 spiro atoms. The van der Waals surface area contributed by atoms with Crippen molar-refractivity contribution in [3.05, 3.63) is 71.3 Å². The van der Waals surface area contributed by atoms with Gasteiger partial charge in [-0.05, 0) is 47.4 Å². The van der Waals surface area contributed by atoms with E-state index in [2.05, 4.69) is 0 Å². The van der Waals surface area contributed by atoms with Crippen molar-refractivity contribution in [1.82, 2.24) is 0 Å². The topological polar surface area (TPSA) is 0 Å². The Balaban J connectivity index is 2.36. The molecule has 3 rings (SSSR count). The molecule has 22 heavy (non-hydrogen) atoms. The lowest BCUT2D eigenvalue weighted by atomic mass is 9.91. The minimum absolute atomic E-state index is 0.231. The highest BCUT2D eigenvalue weighted by Crippen LogP contribution is 2.40. The van der Waals surface area contributed by atoms with Crippen molar-refractivity contribution < 1.29 is 13.2 Å². The second-order valence-electron chi connectivity index (χ2n) is 5.52. The van der Waals surface area contributed by atoms with Crippen LogP contribution >= 0.6 is 0 Å². The van der Waals surface area contributed by atoms with Gasteiger partial charge in [-0.1, -0.05) is 54.1 Å². The molecule has 0 aliphatic rings. The average Bonchev–Trinajstić information content (AvgIpc) is 2.47. The van der Waals surface area contributed by atoms with Gasteiger partial charge in [0.05, 0.1) is 5.56 Å². The van der Waals surface area contributed by atoms with Crippen LogP contribution < -0.4 is 0 Å². The van der Waals surface area contributed by atoms with Crippen molar-refractivity contribution in [2.45, 2.75) is 20.0 Å². The van der Waals surface area contributed by atoms with E-state index in [4.69, 9.17) is 0 Å². The molecule has 0 N–H and O–H groups in total. The molecule has 0 atom stereocenters. The third-order valence-corrected chi connectivity index (χ3v) is 3.91. The standard InChI is InChI=1S/C19H15F3/c1-12-7-9-17(18(11-12)19(20,21)22)16-10-8-13(2)14-5-3-4-6-15(14)16/h3-11H,1-2H3. The van der Waals surface area contributed by atoms with Crippen LogP contribution in [0.5, 0.6) is 0 Å². The molecule has 0 radical (unpaired) electrons. The Hall–Kier alpha value is -2.29. The Morgan fingerprint density at radius 2 is 1.36 bits per heavy atom. The van der Waals surface area contributed by atoms with Gasteiger partial charge in [0.15, 0.2) is 0 Å². The van der Waals surface area contributed by atoms with E-state index >= 15 is 0 Å². The summed E-state index contributed by atoms with van der Waals surface area (Å²) in [6, 6.07) is 15.7.